The number of carbonyl (C=O) groups is 1. The van der Waals surface area contributed by atoms with Crippen LogP contribution in [-0.4, -0.2) is 5.97 Å². The summed E-state index contributed by atoms with van der Waals surface area (Å²) in [5.41, 5.74) is 1.18. The Kier molecular flexibility index (Phi) is 6.09. The molecule has 0 aliphatic heterocycles. The van der Waals surface area contributed by atoms with E-state index in [4.69, 9.17) is 0 Å². The van der Waals surface area contributed by atoms with Crippen LogP contribution in [0.15, 0.2) is 24.3 Å². The molecule has 3 heteroatoms. The first-order valence-electron chi connectivity index (χ1n) is 4.47. The van der Waals surface area contributed by atoms with Crippen molar-refractivity contribution in [2.75, 3.05) is 0 Å². The van der Waals surface area contributed by atoms with E-state index in [0.717, 1.165) is 12.0 Å². The van der Waals surface area contributed by atoms with Crippen LogP contribution in [-0.2, 0) is 0 Å². The average molecular weight is 200 g/mol. The first-order valence-corrected chi connectivity index (χ1v) is 4.47. The van der Waals surface area contributed by atoms with Gasteiger partial charge >= 0.3 is 29.6 Å². The first-order chi connectivity index (χ1) is 6.16. The molecule has 1 aromatic carbocycles. The van der Waals surface area contributed by atoms with Crippen molar-refractivity contribution in [3.63, 3.8) is 0 Å². The fourth-order valence-corrected chi connectivity index (χ4v) is 1.33. The number of hydrogen-bond acceptors (Lipinski definition) is 2. The van der Waals surface area contributed by atoms with Gasteiger partial charge in [-0.25, -0.2) is 0 Å². The van der Waals surface area contributed by atoms with Crippen LogP contribution in [0.1, 0.15) is 42.1 Å². The van der Waals surface area contributed by atoms with E-state index in [-0.39, 0.29) is 35.5 Å². The second-order valence-corrected chi connectivity index (χ2v) is 3.18. The van der Waals surface area contributed by atoms with Crippen LogP contribution in [0.25, 0.3) is 0 Å². The zero-order valence-corrected chi connectivity index (χ0v) is 10.9. The maximum atomic E-state index is 10.7. The molecule has 0 aliphatic carbocycles. The molecule has 0 saturated carbocycles. The van der Waals surface area contributed by atoms with E-state index in [9.17, 15) is 9.90 Å². The monoisotopic (exact) mass is 200 g/mol. The Morgan fingerprint density at radius 1 is 1.43 bits per heavy atom. The van der Waals surface area contributed by atoms with Gasteiger partial charge < -0.3 is 9.90 Å². The molecule has 14 heavy (non-hydrogen) atoms. The van der Waals surface area contributed by atoms with E-state index < -0.39 is 5.97 Å². The van der Waals surface area contributed by atoms with Crippen molar-refractivity contribution in [3.05, 3.63) is 35.4 Å². The number of benzene rings is 1. The standard InChI is InChI=1S/C11H14O2.Na/c1-3-8(2)9-6-4-5-7-10(9)11(12)13;/h4-8H,3H2,1-2H3,(H,12,13);/q;+1/p-1. The summed E-state index contributed by atoms with van der Waals surface area (Å²) < 4.78 is 0. The Morgan fingerprint density at radius 2 is 2.00 bits per heavy atom. The van der Waals surface area contributed by atoms with E-state index in [1.807, 2.05) is 26.0 Å². The molecule has 0 aliphatic rings. The summed E-state index contributed by atoms with van der Waals surface area (Å²) in [5, 5.41) is 10.7. The molecule has 70 valence electrons. The van der Waals surface area contributed by atoms with Gasteiger partial charge in [0.2, 0.25) is 0 Å². The molecule has 0 fully saturated rings. The third-order valence-corrected chi connectivity index (χ3v) is 2.32. The summed E-state index contributed by atoms with van der Waals surface area (Å²) in [7, 11) is 0. The second-order valence-electron chi connectivity index (χ2n) is 3.18. The fourth-order valence-electron chi connectivity index (χ4n) is 1.33. The van der Waals surface area contributed by atoms with Crippen molar-refractivity contribution >= 4 is 5.97 Å². The Labute approximate surface area is 107 Å². The van der Waals surface area contributed by atoms with Crippen molar-refractivity contribution in [2.24, 2.45) is 0 Å². The topological polar surface area (TPSA) is 40.1 Å². The average Bonchev–Trinajstić information content (AvgIpc) is 2.16. The molecule has 0 aromatic heterocycles. The molecule has 1 atom stereocenters. The second kappa shape index (κ2) is 6.23. The van der Waals surface area contributed by atoms with Gasteiger partial charge in [0, 0.05) is 5.56 Å². The van der Waals surface area contributed by atoms with Crippen molar-refractivity contribution in [1.82, 2.24) is 0 Å². The van der Waals surface area contributed by atoms with E-state index in [1.165, 1.54) is 0 Å². The Bertz CT molecular complexity index is 310. The third kappa shape index (κ3) is 3.12. The molecule has 0 saturated heterocycles. The van der Waals surface area contributed by atoms with Crippen LogP contribution in [0.5, 0.6) is 0 Å². The molecule has 0 bridgehead atoms. The molecule has 0 radical (unpaired) electrons. The minimum Gasteiger partial charge on any atom is -0.545 e. The van der Waals surface area contributed by atoms with Crippen LogP contribution in [0.4, 0.5) is 0 Å². The smallest absolute Gasteiger partial charge is 0.545 e. The molecular formula is C11H13NaO2. The van der Waals surface area contributed by atoms with Crippen LogP contribution < -0.4 is 34.7 Å². The fraction of sp³-hybridized carbons (Fsp3) is 0.364. The number of carbonyl (C=O) groups excluding carboxylic acids is 1. The molecule has 0 spiro atoms. The minimum atomic E-state index is -1.09. The van der Waals surface area contributed by atoms with Gasteiger partial charge in [0.05, 0.1) is 5.97 Å². The number of rotatable bonds is 3. The maximum absolute atomic E-state index is 10.7. The number of carboxylic acids is 1. The Morgan fingerprint density at radius 3 is 2.50 bits per heavy atom. The molecular weight excluding hydrogens is 187 g/mol. The molecule has 1 aromatic rings. The van der Waals surface area contributed by atoms with Gasteiger partial charge in [0.15, 0.2) is 0 Å². The predicted molar refractivity (Wildman–Crippen MR) is 49.5 cm³/mol. The SMILES string of the molecule is CCC(C)c1ccccc1C(=O)[O-].[Na+]. The van der Waals surface area contributed by atoms with Gasteiger partial charge in [0.25, 0.3) is 0 Å². The van der Waals surface area contributed by atoms with Crippen LogP contribution >= 0.6 is 0 Å². The van der Waals surface area contributed by atoms with E-state index >= 15 is 0 Å². The molecule has 0 heterocycles. The van der Waals surface area contributed by atoms with Gasteiger partial charge in [-0.3, -0.25) is 0 Å². The van der Waals surface area contributed by atoms with Gasteiger partial charge in [0.1, 0.15) is 0 Å². The number of aromatic carboxylic acids is 1. The number of carboxylic acid groups (broad SMARTS) is 1. The quantitative estimate of drug-likeness (QED) is 0.561. The van der Waals surface area contributed by atoms with E-state index in [1.54, 1.807) is 12.1 Å². The molecule has 0 N–H and O–H groups in total. The largest absolute Gasteiger partial charge is 1.00 e. The van der Waals surface area contributed by atoms with E-state index in [0.29, 0.717) is 5.56 Å². The third-order valence-electron chi connectivity index (χ3n) is 2.32. The van der Waals surface area contributed by atoms with Gasteiger partial charge in [-0.05, 0) is 17.9 Å². The maximum Gasteiger partial charge on any atom is 1.00 e. The van der Waals surface area contributed by atoms with Crippen molar-refractivity contribution in [2.45, 2.75) is 26.2 Å². The molecule has 1 unspecified atom stereocenters. The minimum absolute atomic E-state index is 0. The summed E-state index contributed by atoms with van der Waals surface area (Å²) in [6.07, 6.45) is 0.935. The number of hydrogen-bond donors (Lipinski definition) is 0. The van der Waals surface area contributed by atoms with Gasteiger partial charge in [-0.2, -0.15) is 0 Å². The molecule has 1 rings (SSSR count). The van der Waals surface area contributed by atoms with E-state index in [2.05, 4.69) is 0 Å². The van der Waals surface area contributed by atoms with Crippen LogP contribution in [0.2, 0.25) is 0 Å². The summed E-state index contributed by atoms with van der Waals surface area (Å²) in [6.45, 7) is 4.05. The van der Waals surface area contributed by atoms with Crippen LogP contribution in [0.3, 0.4) is 0 Å². The molecule has 2 nitrogen and oxygen atoms in total. The zero-order chi connectivity index (χ0) is 9.84. The summed E-state index contributed by atoms with van der Waals surface area (Å²) in [5.74, 6) is -0.815. The van der Waals surface area contributed by atoms with Crippen LogP contribution in [0, 0.1) is 0 Å². The zero-order valence-electron chi connectivity index (χ0n) is 8.91. The summed E-state index contributed by atoms with van der Waals surface area (Å²) >= 11 is 0. The van der Waals surface area contributed by atoms with Crippen molar-refractivity contribution < 1.29 is 39.5 Å². The van der Waals surface area contributed by atoms with Crippen molar-refractivity contribution in [1.29, 1.82) is 0 Å². The molecule has 0 amide bonds. The Balaban J connectivity index is 0.00000169. The Hall–Kier alpha value is -0.310. The first kappa shape index (κ1) is 13.7. The van der Waals surface area contributed by atoms with Crippen molar-refractivity contribution in [3.8, 4) is 0 Å². The normalized spacial score (nSPS) is 11.6. The predicted octanol–water partition coefficient (Wildman–Crippen LogP) is -1.43. The summed E-state index contributed by atoms with van der Waals surface area (Å²) in [6, 6.07) is 7.01. The van der Waals surface area contributed by atoms with Gasteiger partial charge in [-0.15, -0.1) is 0 Å². The van der Waals surface area contributed by atoms with Gasteiger partial charge in [-0.1, -0.05) is 38.1 Å². The summed E-state index contributed by atoms with van der Waals surface area (Å²) in [4.78, 5) is 10.7.